The first-order valence-corrected chi connectivity index (χ1v) is 6.72. The van der Waals surface area contributed by atoms with Crippen LogP contribution >= 0.6 is 22.6 Å². The molecule has 1 saturated heterocycles. The van der Waals surface area contributed by atoms with Crippen LogP contribution in [-0.4, -0.2) is 37.9 Å². The maximum absolute atomic E-state index is 10.3. The SMILES string of the molecule is Cn1cc(C(O)c2cnn(C3COC3)c2)c(I)n1. The van der Waals surface area contributed by atoms with Gasteiger partial charge in [0, 0.05) is 30.6 Å². The van der Waals surface area contributed by atoms with Crippen molar-refractivity contribution < 1.29 is 9.84 Å². The second-order valence-corrected chi connectivity index (χ2v) is 5.42. The zero-order valence-corrected chi connectivity index (χ0v) is 12.0. The number of aryl methyl sites for hydroxylation is 1. The van der Waals surface area contributed by atoms with Crippen LogP contribution in [0.2, 0.25) is 0 Å². The van der Waals surface area contributed by atoms with Crippen LogP contribution < -0.4 is 0 Å². The van der Waals surface area contributed by atoms with Crippen LogP contribution in [0.4, 0.5) is 0 Å². The lowest BCUT2D eigenvalue weighted by Crippen LogP contribution is -2.30. The summed E-state index contributed by atoms with van der Waals surface area (Å²) in [5.74, 6) is 0. The summed E-state index contributed by atoms with van der Waals surface area (Å²) < 4.78 is 9.49. The van der Waals surface area contributed by atoms with Crippen LogP contribution in [-0.2, 0) is 11.8 Å². The highest BCUT2D eigenvalue weighted by Gasteiger charge is 2.23. The summed E-state index contributed by atoms with van der Waals surface area (Å²) in [6.07, 6.45) is 4.73. The van der Waals surface area contributed by atoms with E-state index in [0.717, 1.165) is 14.8 Å². The van der Waals surface area contributed by atoms with Gasteiger partial charge in [-0.2, -0.15) is 10.2 Å². The molecule has 1 atom stereocenters. The average molecular weight is 360 g/mol. The summed E-state index contributed by atoms with van der Waals surface area (Å²) >= 11 is 2.12. The number of aliphatic hydroxyl groups excluding tert-OH is 1. The third kappa shape index (κ3) is 2.06. The van der Waals surface area contributed by atoms with Gasteiger partial charge in [0.25, 0.3) is 0 Å². The van der Waals surface area contributed by atoms with Gasteiger partial charge in [0.05, 0.1) is 25.5 Å². The molecule has 6 nitrogen and oxygen atoms in total. The van der Waals surface area contributed by atoms with Gasteiger partial charge in [0.15, 0.2) is 0 Å². The Bertz CT molecular complexity index is 561. The second kappa shape index (κ2) is 4.63. The first-order chi connectivity index (χ1) is 8.65. The Morgan fingerprint density at radius 2 is 2.28 bits per heavy atom. The van der Waals surface area contributed by atoms with E-state index in [4.69, 9.17) is 4.74 Å². The Hall–Kier alpha value is -0.930. The van der Waals surface area contributed by atoms with Gasteiger partial charge in [-0.3, -0.25) is 9.36 Å². The van der Waals surface area contributed by atoms with Crippen molar-refractivity contribution >= 4 is 22.6 Å². The zero-order chi connectivity index (χ0) is 12.7. The van der Waals surface area contributed by atoms with Crippen LogP contribution in [0.3, 0.4) is 0 Å². The highest BCUT2D eigenvalue weighted by atomic mass is 127. The minimum atomic E-state index is -0.680. The third-order valence-electron chi connectivity index (χ3n) is 3.04. The molecule has 1 aliphatic rings. The summed E-state index contributed by atoms with van der Waals surface area (Å²) in [5.41, 5.74) is 1.59. The van der Waals surface area contributed by atoms with E-state index < -0.39 is 6.10 Å². The molecule has 3 heterocycles. The van der Waals surface area contributed by atoms with Gasteiger partial charge in [-0.1, -0.05) is 0 Å². The fraction of sp³-hybridized carbons (Fsp3) is 0.455. The van der Waals surface area contributed by atoms with E-state index in [-0.39, 0.29) is 0 Å². The molecule has 0 saturated carbocycles. The van der Waals surface area contributed by atoms with E-state index in [1.54, 1.807) is 10.9 Å². The maximum atomic E-state index is 10.3. The van der Waals surface area contributed by atoms with Crippen molar-refractivity contribution in [1.29, 1.82) is 0 Å². The van der Waals surface area contributed by atoms with Gasteiger partial charge in [-0.15, -0.1) is 0 Å². The highest BCUT2D eigenvalue weighted by molar-refractivity contribution is 14.1. The monoisotopic (exact) mass is 360 g/mol. The number of rotatable bonds is 3. The molecule has 2 aromatic rings. The van der Waals surface area contributed by atoms with Crippen LogP contribution in [0.1, 0.15) is 23.3 Å². The molecule has 1 fully saturated rings. The van der Waals surface area contributed by atoms with Crippen LogP contribution in [0.25, 0.3) is 0 Å². The number of aromatic nitrogens is 4. The van der Waals surface area contributed by atoms with Gasteiger partial charge >= 0.3 is 0 Å². The molecule has 0 bridgehead atoms. The summed E-state index contributed by atoms with van der Waals surface area (Å²) in [7, 11) is 1.84. The molecule has 18 heavy (non-hydrogen) atoms. The lowest BCUT2D eigenvalue weighted by atomic mass is 10.1. The van der Waals surface area contributed by atoms with E-state index in [1.807, 2.05) is 24.1 Å². The Morgan fingerprint density at radius 3 is 2.83 bits per heavy atom. The van der Waals surface area contributed by atoms with Gasteiger partial charge in [0.1, 0.15) is 9.80 Å². The Balaban J connectivity index is 1.85. The smallest absolute Gasteiger partial charge is 0.129 e. The van der Waals surface area contributed by atoms with Gasteiger partial charge < -0.3 is 9.84 Å². The molecular weight excluding hydrogens is 347 g/mol. The number of halogens is 1. The van der Waals surface area contributed by atoms with Crippen molar-refractivity contribution in [2.75, 3.05) is 13.2 Å². The lowest BCUT2D eigenvalue weighted by molar-refractivity contribution is -0.0287. The summed E-state index contributed by atoms with van der Waals surface area (Å²) in [4.78, 5) is 0. The molecular formula is C11H13IN4O2. The fourth-order valence-electron chi connectivity index (χ4n) is 1.91. The summed E-state index contributed by atoms with van der Waals surface area (Å²) in [6.45, 7) is 1.39. The minimum absolute atomic E-state index is 0.305. The van der Waals surface area contributed by atoms with Crippen LogP contribution in [0, 0.1) is 3.70 Å². The molecule has 3 rings (SSSR count). The Kier molecular flexibility index (Phi) is 3.12. The first-order valence-electron chi connectivity index (χ1n) is 5.64. The molecule has 0 aliphatic carbocycles. The van der Waals surface area contributed by atoms with E-state index in [9.17, 15) is 5.11 Å². The largest absolute Gasteiger partial charge is 0.383 e. The molecule has 0 amide bonds. The minimum Gasteiger partial charge on any atom is -0.383 e. The molecule has 1 unspecified atom stereocenters. The number of aliphatic hydroxyl groups is 1. The third-order valence-corrected chi connectivity index (χ3v) is 3.87. The molecule has 0 spiro atoms. The van der Waals surface area contributed by atoms with Crippen molar-refractivity contribution in [2.45, 2.75) is 12.1 Å². The fourth-order valence-corrected chi connectivity index (χ4v) is 2.69. The topological polar surface area (TPSA) is 65.1 Å². The van der Waals surface area contributed by atoms with Gasteiger partial charge in [0.2, 0.25) is 0 Å². The van der Waals surface area contributed by atoms with Crippen molar-refractivity contribution in [3.05, 3.63) is 33.4 Å². The maximum Gasteiger partial charge on any atom is 0.129 e. The van der Waals surface area contributed by atoms with Crippen LogP contribution in [0.5, 0.6) is 0 Å². The quantitative estimate of drug-likeness (QED) is 0.826. The molecule has 1 N–H and O–H groups in total. The number of nitrogens with zero attached hydrogens (tertiary/aromatic N) is 4. The average Bonchev–Trinajstić information content (AvgIpc) is 2.82. The van der Waals surface area contributed by atoms with Crippen LogP contribution in [0.15, 0.2) is 18.6 Å². The van der Waals surface area contributed by atoms with Crippen molar-refractivity contribution in [3.63, 3.8) is 0 Å². The van der Waals surface area contributed by atoms with Gasteiger partial charge in [-0.25, -0.2) is 0 Å². The predicted octanol–water partition coefficient (Wildman–Crippen LogP) is 0.874. The molecule has 0 aromatic carbocycles. The Morgan fingerprint density at radius 1 is 1.50 bits per heavy atom. The van der Waals surface area contributed by atoms with Crippen molar-refractivity contribution in [2.24, 2.45) is 7.05 Å². The van der Waals surface area contributed by atoms with E-state index in [2.05, 4.69) is 32.8 Å². The molecule has 2 aromatic heterocycles. The standard InChI is InChI=1S/C11H13IN4O2/c1-15-4-9(11(12)14-15)10(17)7-2-13-16(3-7)8-5-18-6-8/h2-4,8,10,17H,5-6H2,1H3. The second-order valence-electron chi connectivity index (χ2n) is 4.40. The number of hydrogen-bond donors (Lipinski definition) is 1. The molecule has 7 heteroatoms. The normalized spacial score (nSPS) is 17.7. The van der Waals surface area contributed by atoms with Gasteiger partial charge in [-0.05, 0) is 22.6 Å². The van der Waals surface area contributed by atoms with E-state index in [1.165, 1.54) is 0 Å². The zero-order valence-electron chi connectivity index (χ0n) is 9.82. The first kappa shape index (κ1) is 12.1. The van der Waals surface area contributed by atoms with E-state index in [0.29, 0.717) is 19.3 Å². The molecule has 1 aliphatic heterocycles. The number of ether oxygens (including phenoxy) is 1. The lowest BCUT2D eigenvalue weighted by Gasteiger charge is -2.25. The number of hydrogen-bond acceptors (Lipinski definition) is 4. The summed E-state index contributed by atoms with van der Waals surface area (Å²) in [6, 6.07) is 0.305. The highest BCUT2D eigenvalue weighted by Crippen LogP contribution is 2.26. The summed E-state index contributed by atoms with van der Waals surface area (Å²) in [5, 5.41) is 18.8. The van der Waals surface area contributed by atoms with Crippen molar-refractivity contribution in [3.8, 4) is 0 Å². The molecule has 96 valence electrons. The van der Waals surface area contributed by atoms with E-state index >= 15 is 0 Å². The van der Waals surface area contributed by atoms with Crippen molar-refractivity contribution in [1.82, 2.24) is 19.6 Å². The molecule has 0 radical (unpaired) electrons. The predicted molar refractivity (Wildman–Crippen MR) is 72.1 cm³/mol. The Labute approximate surface area is 118 Å².